The van der Waals surface area contributed by atoms with Crippen molar-refractivity contribution in [3.05, 3.63) is 30.5 Å². The summed E-state index contributed by atoms with van der Waals surface area (Å²) in [5, 5.41) is 4.07. The van der Waals surface area contributed by atoms with Gasteiger partial charge in [-0.2, -0.15) is 0 Å². The second-order valence-corrected chi connectivity index (χ2v) is 6.67. The fourth-order valence-corrected chi connectivity index (χ4v) is 3.74. The lowest BCUT2D eigenvalue weighted by Crippen LogP contribution is -2.49. The van der Waals surface area contributed by atoms with Crippen LogP contribution in [0.5, 0.6) is 0 Å². The van der Waals surface area contributed by atoms with Crippen LogP contribution in [0, 0.1) is 5.92 Å². The molecule has 1 aromatic carbocycles. The Balaban J connectivity index is 1.47. The van der Waals surface area contributed by atoms with E-state index < -0.39 is 5.79 Å². The van der Waals surface area contributed by atoms with E-state index in [2.05, 4.69) is 10.3 Å². The Morgan fingerprint density at radius 3 is 3.00 bits per heavy atom. The standard InChI is InChI=1S/C18H23N3O3/c1-18(23-10-11-24-18)13-4-3-9-21(12-13)17(22)20-16-6-2-5-15-14(16)7-8-19-15/h2,5-8,13,19H,3-4,9-12H2,1H3,(H,20,22). The van der Waals surface area contributed by atoms with Gasteiger partial charge in [0.25, 0.3) is 0 Å². The number of likely N-dealkylation sites (tertiary alicyclic amines) is 1. The van der Waals surface area contributed by atoms with Gasteiger partial charge in [-0.3, -0.25) is 0 Å². The average Bonchev–Trinajstić information content (AvgIpc) is 3.25. The van der Waals surface area contributed by atoms with Gasteiger partial charge in [0, 0.05) is 36.1 Å². The Labute approximate surface area is 141 Å². The number of piperidine rings is 1. The number of fused-ring (bicyclic) bond motifs is 1. The monoisotopic (exact) mass is 329 g/mol. The topological polar surface area (TPSA) is 66.6 Å². The number of benzene rings is 1. The van der Waals surface area contributed by atoms with Crippen LogP contribution in [0.4, 0.5) is 10.5 Å². The molecule has 2 aliphatic rings. The Hall–Kier alpha value is -2.05. The lowest BCUT2D eigenvalue weighted by Gasteiger charge is -2.39. The number of hydrogen-bond donors (Lipinski definition) is 2. The first-order valence-corrected chi connectivity index (χ1v) is 8.56. The number of nitrogens with one attached hydrogen (secondary N) is 2. The molecule has 2 aromatic rings. The number of anilines is 1. The third-order valence-corrected chi connectivity index (χ3v) is 5.15. The lowest BCUT2D eigenvalue weighted by atomic mass is 9.90. The van der Waals surface area contributed by atoms with Gasteiger partial charge in [0.05, 0.1) is 18.9 Å². The molecule has 2 aliphatic heterocycles. The first-order valence-electron chi connectivity index (χ1n) is 8.56. The van der Waals surface area contributed by atoms with Crippen molar-refractivity contribution in [1.82, 2.24) is 9.88 Å². The highest BCUT2D eigenvalue weighted by Gasteiger charge is 2.42. The minimum atomic E-state index is -0.556. The summed E-state index contributed by atoms with van der Waals surface area (Å²) in [5.74, 6) is -0.345. The van der Waals surface area contributed by atoms with E-state index in [1.807, 2.05) is 42.3 Å². The molecular weight excluding hydrogens is 306 g/mol. The van der Waals surface area contributed by atoms with Crippen molar-refractivity contribution >= 4 is 22.6 Å². The van der Waals surface area contributed by atoms with Crippen LogP contribution in [0.2, 0.25) is 0 Å². The maximum atomic E-state index is 12.7. The van der Waals surface area contributed by atoms with Crippen molar-refractivity contribution in [1.29, 1.82) is 0 Å². The molecule has 0 saturated carbocycles. The van der Waals surface area contributed by atoms with E-state index in [-0.39, 0.29) is 11.9 Å². The summed E-state index contributed by atoms with van der Waals surface area (Å²) >= 11 is 0. The normalized spacial score (nSPS) is 23.5. The first kappa shape index (κ1) is 15.5. The van der Waals surface area contributed by atoms with Crippen LogP contribution in [0.25, 0.3) is 10.9 Å². The fraction of sp³-hybridized carbons (Fsp3) is 0.500. The van der Waals surface area contributed by atoms with Gasteiger partial charge in [0.1, 0.15) is 0 Å². The zero-order valence-corrected chi connectivity index (χ0v) is 13.9. The van der Waals surface area contributed by atoms with Gasteiger partial charge in [0.2, 0.25) is 0 Å². The number of ether oxygens (including phenoxy) is 2. The summed E-state index contributed by atoms with van der Waals surface area (Å²) in [7, 11) is 0. The summed E-state index contributed by atoms with van der Waals surface area (Å²) in [6.45, 7) is 4.68. The minimum absolute atomic E-state index is 0.0602. The van der Waals surface area contributed by atoms with Gasteiger partial charge >= 0.3 is 6.03 Å². The number of aromatic amines is 1. The molecule has 2 N–H and O–H groups in total. The van der Waals surface area contributed by atoms with Crippen molar-refractivity contribution in [2.45, 2.75) is 25.6 Å². The molecule has 1 atom stereocenters. The van der Waals surface area contributed by atoms with E-state index in [1.165, 1.54) is 0 Å². The van der Waals surface area contributed by atoms with E-state index >= 15 is 0 Å². The van der Waals surface area contributed by atoms with Crippen molar-refractivity contribution in [3.8, 4) is 0 Å². The van der Waals surface area contributed by atoms with Gasteiger partial charge in [-0.25, -0.2) is 4.79 Å². The van der Waals surface area contributed by atoms with E-state index in [0.717, 1.165) is 36.0 Å². The van der Waals surface area contributed by atoms with Crippen molar-refractivity contribution in [2.24, 2.45) is 5.92 Å². The number of amides is 2. The van der Waals surface area contributed by atoms with Crippen molar-refractivity contribution in [3.63, 3.8) is 0 Å². The fourth-order valence-electron chi connectivity index (χ4n) is 3.74. The molecule has 0 bridgehead atoms. The van der Waals surface area contributed by atoms with E-state index in [9.17, 15) is 4.79 Å². The Kier molecular flexibility index (Phi) is 3.94. The minimum Gasteiger partial charge on any atom is -0.361 e. The Bertz CT molecular complexity index is 736. The number of urea groups is 1. The zero-order chi connectivity index (χ0) is 16.6. The Morgan fingerprint density at radius 1 is 1.33 bits per heavy atom. The lowest BCUT2D eigenvalue weighted by molar-refractivity contribution is -0.189. The molecule has 3 heterocycles. The second kappa shape index (κ2) is 6.11. The maximum Gasteiger partial charge on any atom is 0.321 e. The van der Waals surface area contributed by atoms with E-state index in [1.54, 1.807) is 0 Å². The average molecular weight is 329 g/mol. The first-order chi connectivity index (χ1) is 11.7. The number of nitrogens with zero attached hydrogens (tertiary/aromatic N) is 1. The highest BCUT2D eigenvalue weighted by Crippen LogP contribution is 2.34. The van der Waals surface area contributed by atoms with E-state index in [4.69, 9.17) is 9.47 Å². The predicted octanol–water partition coefficient (Wildman–Crippen LogP) is 3.17. The number of carbonyl (C=O) groups excluding carboxylic acids is 1. The number of H-pyrrole nitrogens is 1. The third-order valence-electron chi connectivity index (χ3n) is 5.15. The molecule has 6 heteroatoms. The largest absolute Gasteiger partial charge is 0.361 e. The molecule has 0 spiro atoms. The van der Waals surface area contributed by atoms with Gasteiger partial charge in [-0.1, -0.05) is 6.07 Å². The highest BCUT2D eigenvalue weighted by molar-refractivity contribution is 6.00. The summed E-state index contributed by atoms with van der Waals surface area (Å²) in [6, 6.07) is 7.78. The smallest absolute Gasteiger partial charge is 0.321 e. The summed E-state index contributed by atoms with van der Waals surface area (Å²) < 4.78 is 11.6. The van der Waals surface area contributed by atoms with Crippen LogP contribution in [-0.2, 0) is 9.47 Å². The third kappa shape index (κ3) is 2.76. The quantitative estimate of drug-likeness (QED) is 0.889. The number of rotatable bonds is 2. The summed E-state index contributed by atoms with van der Waals surface area (Å²) in [6.07, 6.45) is 3.87. The second-order valence-electron chi connectivity index (χ2n) is 6.67. The van der Waals surface area contributed by atoms with Crippen LogP contribution in [-0.4, -0.2) is 48.0 Å². The van der Waals surface area contributed by atoms with Crippen LogP contribution >= 0.6 is 0 Å². The number of hydrogen-bond acceptors (Lipinski definition) is 3. The van der Waals surface area contributed by atoms with Crippen LogP contribution in [0.1, 0.15) is 19.8 Å². The molecule has 4 rings (SSSR count). The van der Waals surface area contributed by atoms with Crippen molar-refractivity contribution < 1.29 is 14.3 Å². The molecule has 1 unspecified atom stereocenters. The van der Waals surface area contributed by atoms with Crippen molar-refractivity contribution in [2.75, 3.05) is 31.6 Å². The maximum absolute atomic E-state index is 12.7. The van der Waals surface area contributed by atoms with Crippen LogP contribution < -0.4 is 5.32 Å². The summed E-state index contributed by atoms with van der Waals surface area (Å²) in [4.78, 5) is 17.8. The van der Waals surface area contributed by atoms with Gasteiger partial charge < -0.3 is 24.7 Å². The van der Waals surface area contributed by atoms with Gasteiger partial charge in [-0.15, -0.1) is 0 Å². The molecule has 0 radical (unpaired) electrons. The Morgan fingerprint density at radius 2 is 2.17 bits per heavy atom. The molecule has 2 amide bonds. The van der Waals surface area contributed by atoms with Crippen LogP contribution in [0.15, 0.2) is 30.5 Å². The SMILES string of the molecule is CC1(C2CCCN(C(=O)Nc3cccc4[nH]ccc34)C2)OCCO1. The predicted molar refractivity (Wildman–Crippen MR) is 91.9 cm³/mol. The number of aromatic nitrogens is 1. The molecular formula is C18H23N3O3. The highest BCUT2D eigenvalue weighted by atomic mass is 16.7. The molecule has 1 aromatic heterocycles. The molecule has 2 saturated heterocycles. The van der Waals surface area contributed by atoms with Crippen LogP contribution in [0.3, 0.4) is 0 Å². The molecule has 6 nitrogen and oxygen atoms in total. The number of carbonyl (C=O) groups is 1. The molecule has 0 aliphatic carbocycles. The zero-order valence-electron chi connectivity index (χ0n) is 13.9. The van der Waals surface area contributed by atoms with E-state index in [0.29, 0.717) is 19.8 Å². The molecule has 128 valence electrons. The summed E-state index contributed by atoms with van der Waals surface area (Å²) in [5.41, 5.74) is 1.85. The molecule has 24 heavy (non-hydrogen) atoms. The van der Waals surface area contributed by atoms with Gasteiger partial charge in [-0.05, 0) is 38.0 Å². The van der Waals surface area contributed by atoms with Gasteiger partial charge in [0.15, 0.2) is 5.79 Å². The molecule has 2 fully saturated rings.